The van der Waals surface area contributed by atoms with Crippen LogP contribution in [-0.4, -0.2) is 24.7 Å². The van der Waals surface area contributed by atoms with E-state index in [0.29, 0.717) is 12.8 Å². The number of hydrogen-bond donors (Lipinski definition) is 1. The second-order valence-electron chi connectivity index (χ2n) is 5.45. The summed E-state index contributed by atoms with van der Waals surface area (Å²) < 4.78 is 10.9. The molecule has 1 aliphatic carbocycles. The Balaban J connectivity index is 2.08. The molecule has 2 unspecified atom stereocenters. The fourth-order valence-electron chi connectivity index (χ4n) is 2.84. The molecule has 1 fully saturated rings. The van der Waals surface area contributed by atoms with E-state index in [1.807, 2.05) is 18.2 Å². The summed E-state index contributed by atoms with van der Waals surface area (Å²) in [4.78, 5) is 11.8. The smallest absolute Gasteiger partial charge is 0.325 e. The molecular formula is C16H23NO3. The molecule has 2 atom stereocenters. The summed E-state index contributed by atoms with van der Waals surface area (Å²) >= 11 is 0. The number of benzene rings is 1. The first-order chi connectivity index (χ1) is 9.59. The summed E-state index contributed by atoms with van der Waals surface area (Å²) in [6, 6.07) is 8.01. The predicted molar refractivity (Wildman–Crippen MR) is 77.6 cm³/mol. The minimum Gasteiger partial charge on any atom is -0.490 e. The zero-order valence-electron chi connectivity index (χ0n) is 12.2. The predicted octanol–water partition coefficient (Wildman–Crippen LogP) is 2.44. The lowest BCUT2D eigenvalue weighted by Crippen LogP contribution is -2.54. The Morgan fingerprint density at radius 2 is 2.20 bits per heavy atom. The molecule has 2 N–H and O–H groups in total. The second kappa shape index (κ2) is 6.27. The van der Waals surface area contributed by atoms with Crippen LogP contribution in [0.15, 0.2) is 24.3 Å². The largest absolute Gasteiger partial charge is 0.490 e. The van der Waals surface area contributed by atoms with Gasteiger partial charge in [0.1, 0.15) is 17.4 Å². The van der Waals surface area contributed by atoms with Gasteiger partial charge in [0.25, 0.3) is 0 Å². The van der Waals surface area contributed by atoms with Gasteiger partial charge in [-0.05, 0) is 37.3 Å². The fraction of sp³-hybridized carbons (Fsp3) is 0.562. The van der Waals surface area contributed by atoms with Crippen molar-refractivity contribution in [2.45, 2.75) is 50.7 Å². The molecule has 2 rings (SSSR count). The average Bonchev–Trinajstić information content (AvgIpc) is 2.47. The highest BCUT2D eigenvalue weighted by Crippen LogP contribution is 2.31. The molecule has 1 aromatic carbocycles. The number of aryl methyl sites for hydroxylation is 1. The van der Waals surface area contributed by atoms with Crippen molar-refractivity contribution in [3.05, 3.63) is 29.8 Å². The van der Waals surface area contributed by atoms with E-state index < -0.39 is 5.54 Å². The van der Waals surface area contributed by atoms with Gasteiger partial charge in [-0.25, -0.2) is 0 Å². The van der Waals surface area contributed by atoms with Crippen molar-refractivity contribution in [1.82, 2.24) is 0 Å². The normalized spacial score (nSPS) is 26.1. The fourth-order valence-corrected chi connectivity index (χ4v) is 2.84. The highest BCUT2D eigenvalue weighted by atomic mass is 16.5. The van der Waals surface area contributed by atoms with Gasteiger partial charge in [0, 0.05) is 6.42 Å². The van der Waals surface area contributed by atoms with E-state index in [-0.39, 0.29) is 12.1 Å². The number of carbonyl (C=O) groups is 1. The third kappa shape index (κ3) is 3.12. The minimum absolute atomic E-state index is 0.0273. The van der Waals surface area contributed by atoms with E-state index in [9.17, 15) is 4.79 Å². The van der Waals surface area contributed by atoms with Crippen molar-refractivity contribution in [1.29, 1.82) is 0 Å². The third-order valence-corrected chi connectivity index (χ3v) is 3.98. The number of methoxy groups -OCH3 is 1. The topological polar surface area (TPSA) is 61.5 Å². The molecule has 4 nitrogen and oxygen atoms in total. The van der Waals surface area contributed by atoms with E-state index in [2.05, 4.69) is 13.0 Å². The van der Waals surface area contributed by atoms with Crippen molar-refractivity contribution in [3.8, 4) is 5.75 Å². The van der Waals surface area contributed by atoms with Gasteiger partial charge in [0.05, 0.1) is 7.11 Å². The summed E-state index contributed by atoms with van der Waals surface area (Å²) in [5.41, 5.74) is 6.45. The Morgan fingerprint density at radius 3 is 2.90 bits per heavy atom. The minimum atomic E-state index is -0.904. The highest BCUT2D eigenvalue weighted by Gasteiger charge is 2.41. The van der Waals surface area contributed by atoms with Crippen LogP contribution in [-0.2, 0) is 16.0 Å². The van der Waals surface area contributed by atoms with Crippen LogP contribution in [0, 0.1) is 0 Å². The first-order valence-corrected chi connectivity index (χ1v) is 7.21. The van der Waals surface area contributed by atoms with Crippen LogP contribution in [0.1, 0.15) is 38.2 Å². The van der Waals surface area contributed by atoms with E-state index in [0.717, 1.165) is 25.0 Å². The Kier molecular flexibility index (Phi) is 4.65. The summed E-state index contributed by atoms with van der Waals surface area (Å²) in [6.07, 6.45) is 3.87. The molecule has 20 heavy (non-hydrogen) atoms. The van der Waals surface area contributed by atoms with Gasteiger partial charge < -0.3 is 15.2 Å². The zero-order valence-corrected chi connectivity index (χ0v) is 12.2. The molecule has 1 aromatic rings. The molecule has 0 aromatic heterocycles. The number of esters is 1. The monoisotopic (exact) mass is 277 g/mol. The van der Waals surface area contributed by atoms with Crippen LogP contribution in [0.4, 0.5) is 0 Å². The van der Waals surface area contributed by atoms with E-state index in [4.69, 9.17) is 15.2 Å². The van der Waals surface area contributed by atoms with Crippen LogP contribution in [0.5, 0.6) is 5.75 Å². The van der Waals surface area contributed by atoms with Crippen LogP contribution < -0.4 is 10.5 Å². The van der Waals surface area contributed by atoms with Crippen molar-refractivity contribution >= 4 is 5.97 Å². The lowest BCUT2D eigenvalue weighted by atomic mass is 9.81. The molecule has 0 heterocycles. The van der Waals surface area contributed by atoms with E-state index in [1.165, 1.54) is 12.7 Å². The average molecular weight is 277 g/mol. The van der Waals surface area contributed by atoms with E-state index in [1.54, 1.807) is 0 Å². The summed E-state index contributed by atoms with van der Waals surface area (Å²) in [6.45, 7) is 2.10. The van der Waals surface area contributed by atoms with Crippen LogP contribution in [0.3, 0.4) is 0 Å². The number of hydrogen-bond acceptors (Lipinski definition) is 4. The molecule has 0 radical (unpaired) electrons. The Labute approximate surface area is 120 Å². The zero-order chi connectivity index (χ0) is 14.6. The first kappa shape index (κ1) is 14.9. The van der Waals surface area contributed by atoms with Crippen molar-refractivity contribution < 1.29 is 14.3 Å². The molecule has 0 bridgehead atoms. The molecule has 0 amide bonds. The highest BCUT2D eigenvalue weighted by molar-refractivity contribution is 5.80. The molecule has 1 aliphatic rings. The maximum atomic E-state index is 11.8. The number of rotatable bonds is 4. The van der Waals surface area contributed by atoms with Crippen LogP contribution in [0.25, 0.3) is 0 Å². The van der Waals surface area contributed by atoms with Crippen molar-refractivity contribution in [2.24, 2.45) is 5.73 Å². The van der Waals surface area contributed by atoms with Gasteiger partial charge in [0.2, 0.25) is 0 Å². The lowest BCUT2D eigenvalue weighted by molar-refractivity contribution is -0.149. The number of nitrogens with two attached hydrogens (primary N) is 1. The quantitative estimate of drug-likeness (QED) is 0.859. The Morgan fingerprint density at radius 1 is 1.45 bits per heavy atom. The van der Waals surface area contributed by atoms with Gasteiger partial charge in [-0.1, -0.05) is 25.1 Å². The van der Waals surface area contributed by atoms with Gasteiger partial charge >= 0.3 is 5.97 Å². The lowest BCUT2D eigenvalue weighted by Gasteiger charge is -2.35. The molecule has 0 saturated heterocycles. The number of carbonyl (C=O) groups excluding carboxylic acids is 1. The van der Waals surface area contributed by atoms with Gasteiger partial charge in [0.15, 0.2) is 0 Å². The van der Waals surface area contributed by atoms with E-state index >= 15 is 0 Å². The van der Waals surface area contributed by atoms with Crippen molar-refractivity contribution in [2.75, 3.05) is 7.11 Å². The standard InChI is InChI=1S/C16H23NO3/c1-3-12-7-4-5-9-14(12)20-13-8-6-10-16(17,11-13)15(18)19-2/h4-5,7,9,13H,3,6,8,10-11,17H2,1-2H3. The van der Waals surface area contributed by atoms with Gasteiger partial charge in [-0.3, -0.25) is 4.79 Å². The van der Waals surface area contributed by atoms with Crippen LogP contribution in [0.2, 0.25) is 0 Å². The first-order valence-electron chi connectivity index (χ1n) is 7.21. The molecular weight excluding hydrogens is 254 g/mol. The maximum Gasteiger partial charge on any atom is 0.325 e. The van der Waals surface area contributed by atoms with Crippen LogP contribution >= 0.6 is 0 Å². The molecule has 0 aliphatic heterocycles. The Hall–Kier alpha value is -1.55. The molecule has 110 valence electrons. The summed E-state index contributed by atoms with van der Waals surface area (Å²) in [5.74, 6) is 0.559. The van der Waals surface area contributed by atoms with Gasteiger partial charge in [-0.2, -0.15) is 0 Å². The van der Waals surface area contributed by atoms with Gasteiger partial charge in [-0.15, -0.1) is 0 Å². The molecule has 0 spiro atoms. The number of ether oxygens (including phenoxy) is 2. The molecule has 4 heteroatoms. The Bertz CT molecular complexity index is 475. The third-order valence-electron chi connectivity index (χ3n) is 3.98. The second-order valence-corrected chi connectivity index (χ2v) is 5.45. The SMILES string of the molecule is CCc1ccccc1OC1CCCC(N)(C(=O)OC)C1. The van der Waals surface area contributed by atoms with Crippen molar-refractivity contribution in [3.63, 3.8) is 0 Å². The maximum absolute atomic E-state index is 11.8. The molecule has 1 saturated carbocycles. The summed E-state index contributed by atoms with van der Waals surface area (Å²) in [7, 11) is 1.38. The number of para-hydroxylation sites is 1. The summed E-state index contributed by atoms with van der Waals surface area (Å²) in [5, 5.41) is 0.